The predicted molar refractivity (Wildman–Crippen MR) is 134 cm³/mol. The van der Waals surface area contributed by atoms with Crippen molar-refractivity contribution < 1.29 is 9.59 Å². The second-order valence-corrected chi connectivity index (χ2v) is 8.69. The van der Waals surface area contributed by atoms with Gasteiger partial charge in [-0.15, -0.1) is 0 Å². The van der Waals surface area contributed by atoms with Crippen LogP contribution in [-0.4, -0.2) is 28.8 Å². The van der Waals surface area contributed by atoms with Gasteiger partial charge in [-0.3, -0.25) is 9.59 Å². The molecule has 3 aromatic rings. The van der Waals surface area contributed by atoms with Gasteiger partial charge in [-0.1, -0.05) is 97.4 Å². The van der Waals surface area contributed by atoms with Crippen LogP contribution in [0.3, 0.4) is 0 Å². The standard InChI is InChI=1S/C29H34N2O2/c1-4-23(3)30-29(33)27(19-24-11-7-5-8-12-24)31(21-26-13-9-6-10-14-26)28(32)20-25-17-15-22(2)16-18-25/h5-18,23,27H,4,19-21H2,1-3H3,(H,30,33)/t23-,27-/m0/s1. The Kier molecular flexibility index (Phi) is 8.82. The topological polar surface area (TPSA) is 49.4 Å². The summed E-state index contributed by atoms with van der Waals surface area (Å²) in [6.07, 6.45) is 1.56. The van der Waals surface area contributed by atoms with Gasteiger partial charge in [0.1, 0.15) is 6.04 Å². The summed E-state index contributed by atoms with van der Waals surface area (Å²) in [4.78, 5) is 28.8. The third kappa shape index (κ3) is 7.31. The summed E-state index contributed by atoms with van der Waals surface area (Å²) in [6, 6.07) is 27.2. The van der Waals surface area contributed by atoms with E-state index in [2.05, 4.69) is 5.32 Å². The molecular weight excluding hydrogens is 408 g/mol. The van der Waals surface area contributed by atoms with Crippen molar-refractivity contribution in [2.45, 2.75) is 58.7 Å². The molecule has 0 aliphatic rings. The fourth-order valence-electron chi connectivity index (χ4n) is 3.76. The molecule has 0 saturated heterocycles. The minimum Gasteiger partial charge on any atom is -0.352 e. The highest BCUT2D eigenvalue weighted by atomic mass is 16.2. The Morgan fingerprint density at radius 2 is 1.39 bits per heavy atom. The summed E-state index contributed by atoms with van der Waals surface area (Å²) in [6.45, 7) is 6.45. The molecule has 3 aromatic carbocycles. The molecule has 0 bridgehead atoms. The summed E-state index contributed by atoms with van der Waals surface area (Å²) < 4.78 is 0. The summed E-state index contributed by atoms with van der Waals surface area (Å²) in [5.74, 6) is -0.163. The second-order valence-electron chi connectivity index (χ2n) is 8.69. The van der Waals surface area contributed by atoms with E-state index in [0.717, 1.165) is 28.7 Å². The summed E-state index contributed by atoms with van der Waals surface area (Å²) in [7, 11) is 0. The molecule has 2 atom stereocenters. The van der Waals surface area contributed by atoms with Crippen molar-refractivity contribution in [1.82, 2.24) is 10.2 Å². The van der Waals surface area contributed by atoms with Gasteiger partial charge in [0.15, 0.2) is 0 Å². The highest BCUT2D eigenvalue weighted by molar-refractivity contribution is 5.89. The van der Waals surface area contributed by atoms with E-state index in [9.17, 15) is 9.59 Å². The average molecular weight is 443 g/mol. The predicted octanol–water partition coefficient (Wildman–Crippen LogP) is 5.09. The molecule has 0 saturated carbocycles. The van der Waals surface area contributed by atoms with Crippen LogP contribution >= 0.6 is 0 Å². The van der Waals surface area contributed by atoms with Gasteiger partial charge in [0.25, 0.3) is 0 Å². The molecule has 33 heavy (non-hydrogen) atoms. The summed E-state index contributed by atoms with van der Waals surface area (Å²) in [5, 5.41) is 3.11. The number of aryl methyl sites for hydroxylation is 1. The van der Waals surface area contributed by atoms with Gasteiger partial charge in [0.2, 0.25) is 11.8 Å². The van der Waals surface area contributed by atoms with Crippen LogP contribution < -0.4 is 5.32 Å². The fraction of sp³-hybridized carbons (Fsp3) is 0.310. The minimum atomic E-state index is -0.598. The van der Waals surface area contributed by atoms with Crippen molar-refractivity contribution in [3.05, 3.63) is 107 Å². The Morgan fingerprint density at radius 1 is 0.818 bits per heavy atom. The number of nitrogens with one attached hydrogen (secondary N) is 1. The Morgan fingerprint density at radius 3 is 1.97 bits per heavy atom. The Balaban J connectivity index is 1.94. The fourth-order valence-corrected chi connectivity index (χ4v) is 3.76. The van der Waals surface area contributed by atoms with Crippen molar-refractivity contribution in [2.75, 3.05) is 0 Å². The molecule has 0 aromatic heterocycles. The number of rotatable bonds is 10. The maximum Gasteiger partial charge on any atom is 0.243 e. The number of hydrogen-bond acceptors (Lipinski definition) is 2. The molecule has 2 amide bonds. The lowest BCUT2D eigenvalue weighted by Crippen LogP contribution is -2.52. The lowest BCUT2D eigenvalue weighted by atomic mass is 10.0. The highest BCUT2D eigenvalue weighted by Crippen LogP contribution is 2.17. The monoisotopic (exact) mass is 442 g/mol. The maximum absolute atomic E-state index is 13.6. The van der Waals surface area contributed by atoms with E-state index in [0.29, 0.717) is 13.0 Å². The molecule has 0 heterocycles. The normalized spacial score (nSPS) is 12.6. The molecule has 3 rings (SSSR count). The van der Waals surface area contributed by atoms with E-state index in [4.69, 9.17) is 0 Å². The van der Waals surface area contributed by atoms with Crippen LogP contribution in [0.25, 0.3) is 0 Å². The molecular formula is C29H34N2O2. The van der Waals surface area contributed by atoms with E-state index in [-0.39, 0.29) is 24.3 Å². The van der Waals surface area contributed by atoms with Gasteiger partial charge in [-0.2, -0.15) is 0 Å². The van der Waals surface area contributed by atoms with Gasteiger partial charge in [0.05, 0.1) is 6.42 Å². The largest absolute Gasteiger partial charge is 0.352 e. The summed E-state index contributed by atoms with van der Waals surface area (Å²) >= 11 is 0. The Bertz CT molecular complexity index is 1020. The number of nitrogens with zero attached hydrogens (tertiary/aromatic N) is 1. The van der Waals surface area contributed by atoms with E-state index in [1.165, 1.54) is 0 Å². The van der Waals surface area contributed by atoms with Crippen LogP contribution in [0.5, 0.6) is 0 Å². The van der Waals surface area contributed by atoms with Crippen molar-refractivity contribution in [3.63, 3.8) is 0 Å². The molecule has 0 aliphatic heterocycles. The number of hydrogen-bond donors (Lipinski definition) is 1. The third-order valence-electron chi connectivity index (χ3n) is 5.94. The third-order valence-corrected chi connectivity index (χ3v) is 5.94. The zero-order valence-electron chi connectivity index (χ0n) is 19.8. The van der Waals surface area contributed by atoms with Gasteiger partial charge >= 0.3 is 0 Å². The van der Waals surface area contributed by atoms with Crippen LogP contribution in [-0.2, 0) is 29.0 Å². The van der Waals surface area contributed by atoms with Gasteiger partial charge in [0, 0.05) is 19.0 Å². The molecule has 0 fully saturated rings. The summed E-state index contributed by atoms with van der Waals surface area (Å²) in [5.41, 5.74) is 4.14. The average Bonchev–Trinajstić information content (AvgIpc) is 2.83. The van der Waals surface area contributed by atoms with E-state index in [1.54, 1.807) is 4.90 Å². The first-order valence-corrected chi connectivity index (χ1v) is 11.7. The molecule has 4 heteroatoms. The quantitative estimate of drug-likeness (QED) is 0.475. The molecule has 4 nitrogen and oxygen atoms in total. The first-order chi connectivity index (χ1) is 16.0. The van der Waals surface area contributed by atoms with Crippen molar-refractivity contribution in [1.29, 1.82) is 0 Å². The smallest absolute Gasteiger partial charge is 0.243 e. The lowest BCUT2D eigenvalue weighted by Gasteiger charge is -2.32. The Hall–Kier alpha value is -3.40. The number of amides is 2. The van der Waals surface area contributed by atoms with Crippen molar-refractivity contribution in [2.24, 2.45) is 0 Å². The molecule has 1 N–H and O–H groups in total. The highest BCUT2D eigenvalue weighted by Gasteiger charge is 2.30. The second kappa shape index (κ2) is 12.0. The number of carbonyl (C=O) groups is 2. The van der Waals surface area contributed by atoms with Crippen molar-refractivity contribution in [3.8, 4) is 0 Å². The molecule has 0 spiro atoms. The maximum atomic E-state index is 13.6. The van der Waals surface area contributed by atoms with Crippen LogP contribution in [0, 0.1) is 6.92 Å². The molecule has 0 aliphatic carbocycles. The SMILES string of the molecule is CC[C@H](C)NC(=O)[C@H](Cc1ccccc1)N(Cc1ccccc1)C(=O)Cc1ccc(C)cc1. The first-order valence-electron chi connectivity index (χ1n) is 11.7. The number of benzene rings is 3. The molecule has 0 unspecified atom stereocenters. The van der Waals surface area contributed by atoms with Gasteiger partial charge in [-0.05, 0) is 37.0 Å². The first kappa shape index (κ1) is 24.2. The molecule has 0 radical (unpaired) electrons. The van der Waals surface area contributed by atoms with Crippen LogP contribution in [0.4, 0.5) is 0 Å². The van der Waals surface area contributed by atoms with Gasteiger partial charge < -0.3 is 10.2 Å². The zero-order valence-corrected chi connectivity index (χ0v) is 19.8. The minimum absolute atomic E-state index is 0.0431. The lowest BCUT2D eigenvalue weighted by molar-refractivity contribution is -0.141. The Labute approximate surface area is 197 Å². The zero-order chi connectivity index (χ0) is 23.6. The van der Waals surface area contributed by atoms with E-state index in [1.807, 2.05) is 106 Å². The van der Waals surface area contributed by atoms with Crippen LogP contribution in [0.15, 0.2) is 84.9 Å². The molecule has 172 valence electrons. The van der Waals surface area contributed by atoms with Crippen molar-refractivity contribution >= 4 is 11.8 Å². The van der Waals surface area contributed by atoms with Gasteiger partial charge in [-0.25, -0.2) is 0 Å². The van der Waals surface area contributed by atoms with E-state index < -0.39 is 6.04 Å². The van der Waals surface area contributed by atoms with E-state index >= 15 is 0 Å². The van der Waals surface area contributed by atoms with Crippen LogP contribution in [0.2, 0.25) is 0 Å². The number of carbonyl (C=O) groups excluding carboxylic acids is 2. The van der Waals surface area contributed by atoms with Crippen LogP contribution in [0.1, 0.15) is 42.5 Å².